The van der Waals surface area contributed by atoms with Gasteiger partial charge in [0.2, 0.25) is 5.25 Å². The van der Waals surface area contributed by atoms with E-state index in [1.807, 2.05) is 0 Å². The molecule has 1 N–H and O–H groups in total. The van der Waals surface area contributed by atoms with Crippen molar-refractivity contribution < 1.29 is 101 Å². The molecule has 14 heteroatoms. The van der Waals surface area contributed by atoms with Gasteiger partial charge in [0.1, 0.15) is 23.4 Å². The average Bonchev–Trinajstić information content (AvgIpc) is 2.31. The molecule has 0 spiro atoms. The monoisotopic (exact) mass is 394 g/mol. The molecule has 0 saturated carbocycles. The number of hydrogen-bond acceptors (Lipinski definition) is 8. The Labute approximate surface area is 178 Å². The molecule has 0 amide bonds. The fourth-order valence-corrected chi connectivity index (χ4v) is 6.64. The Bertz CT molecular complexity index is 485. The molecule has 0 aliphatic heterocycles. The van der Waals surface area contributed by atoms with Crippen LogP contribution >= 0.6 is 0 Å². The van der Waals surface area contributed by atoms with E-state index in [4.69, 9.17) is 4.55 Å². The Morgan fingerprint density at radius 2 is 1.55 bits per heavy atom. The first-order chi connectivity index (χ1) is 8.98. The van der Waals surface area contributed by atoms with Gasteiger partial charge in [0.15, 0.2) is 0 Å². The second-order valence-electron chi connectivity index (χ2n) is 3.43. The van der Waals surface area contributed by atoms with Crippen LogP contribution in [0, 0.1) is 0 Å². The van der Waals surface area contributed by atoms with Gasteiger partial charge in [0.05, 0.1) is 0 Å². The average molecular weight is 394 g/mol. The van der Waals surface area contributed by atoms with Crippen LogP contribution in [0.2, 0.25) is 0 Å². The second-order valence-corrected chi connectivity index (χ2v) is 9.01. The van der Waals surface area contributed by atoms with Gasteiger partial charge in [-0.1, -0.05) is 0 Å². The van der Waals surface area contributed by atoms with Crippen molar-refractivity contribution in [3.05, 3.63) is 0 Å². The standard InChI is InChI=1S/C8H14O9S3.2Na/c1-3-18(13)5(6(9)10)8(7(11)12,19(14)4-2)20(15,16)17;;/h5H,3-4H2,1-2H3,(H,9,10)(H,11,12)(H,15,16,17);;/q;2*+1/p-2. The molecule has 0 aliphatic rings. The van der Waals surface area contributed by atoms with Crippen molar-refractivity contribution in [1.82, 2.24) is 0 Å². The summed E-state index contributed by atoms with van der Waals surface area (Å²) in [5.41, 5.74) is 0. The molecule has 0 aliphatic carbocycles. The minimum Gasteiger partial charge on any atom is -0.616 e. The first kappa shape index (κ1) is 28.3. The maximum Gasteiger partial charge on any atom is 1.00 e. The molecule has 0 heterocycles. The van der Waals surface area contributed by atoms with Gasteiger partial charge in [0, 0.05) is 0 Å². The predicted molar refractivity (Wildman–Crippen MR) is 65.4 cm³/mol. The summed E-state index contributed by atoms with van der Waals surface area (Å²) in [6, 6.07) is 0. The maximum atomic E-state index is 11.8. The quantitative estimate of drug-likeness (QED) is 0.237. The van der Waals surface area contributed by atoms with Gasteiger partial charge in [-0.05, 0) is 36.2 Å². The molecule has 9 nitrogen and oxygen atoms in total. The first-order valence-electron chi connectivity index (χ1n) is 5.13. The Balaban J connectivity index is -0.00000180. The number of aliphatic carboxylic acids is 2. The molecule has 118 valence electrons. The second kappa shape index (κ2) is 11.2. The molecule has 0 saturated heterocycles. The minimum absolute atomic E-state index is 0. The summed E-state index contributed by atoms with van der Waals surface area (Å²) in [6.45, 7) is 2.28. The molecule has 4 unspecified atom stereocenters. The summed E-state index contributed by atoms with van der Waals surface area (Å²) in [4.78, 5) is 22.2. The van der Waals surface area contributed by atoms with E-state index in [1.54, 1.807) is 0 Å². The molecular weight excluding hydrogens is 382 g/mol. The zero-order valence-corrected chi connectivity index (χ0v) is 18.9. The summed E-state index contributed by atoms with van der Waals surface area (Å²) in [7, 11) is -5.71. The zero-order valence-electron chi connectivity index (χ0n) is 12.4. The van der Waals surface area contributed by atoms with Crippen LogP contribution < -0.4 is 69.3 Å². The fraction of sp³-hybridized carbons (Fsp3) is 0.750. The van der Waals surface area contributed by atoms with Crippen molar-refractivity contribution in [1.29, 1.82) is 0 Å². The van der Waals surface area contributed by atoms with E-state index in [1.165, 1.54) is 6.92 Å². The molecule has 0 bridgehead atoms. The number of rotatable bonds is 8. The summed E-state index contributed by atoms with van der Waals surface area (Å²) in [5, 5.41) is 19.5. The fourth-order valence-electron chi connectivity index (χ4n) is 1.49. The third-order valence-electron chi connectivity index (χ3n) is 2.37. The smallest absolute Gasteiger partial charge is 0.616 e. The molecule has 0 rings (SSSR count). The Kier molecular flexibility index (Phi) is 14.3. The largest absolute Gasteiger partial charge is 1.00 e. The van der Waals surface area contributed by atoms with Crippen LogP contribution in [-0.2, 0) is 42.1 Å². The molecule has 0 radical (unpaired) electrons. The van der Waals surface area contributed by atoms with Gasteiger partial charge in [0.25, 0.3) is 0 Å². The molecule has 0 aromatic rings. The SMILES string of the molecule is CC[S+]([O-])C(C(=O)[O-])C(C(=O)[O-])([S+]([O-])CC)S(=O)(=O)O.[Na+].[Na+]. The minimum atomic E-state index is -5.71. The van der Waals surface area contributed by atoms with Crippen molar-refractivity contribution in [2.45, 2.75) is 23.2 Å². The van der Waals surface area contributed by atoms with E-state index in [0.29, 0.717) is 0 Å². The van der Waals surface area contributed by atoms with E-state index < -0.39 is 65.2 Å². The topological polar surface area (TPSA) is 181 Å². The van der Waals surface area contributed by atoms with Crippen LogP contribution in [0.15, 0.2) is 0 Å². The van der Waals surface area contributed by atoms with Crippen LogP contribution in [0.5, 0.6) is 0 Å². The molecule has 0 aromatic heterocycles. The number of carboxylic acids is 2. The Morgan fingerprint density at radius 1 is 1.14 bits per heavy atom. The van der Waals surface area contributed by atoms with Gasteiger partial charge in [-0.3, -0.25) is 4.55 Å². The van der Waals surface area contributed by atoms with Crippen molar-refractivity contribution in [3.8, 4) is 0 Å². The zero-order chi connectivity index (χ0) is 16.3. The van der Waals surface area contributed by atoms with Gasteiger partial charge in [-0.25, -0.2) is 0 Å². The van der Waals surface area contributed by atoms with Gasteiger partial charge in [-0.15, -0.1) is 0 Å². The summed E-state index contributed by atoms with van der Waals surface area (Å²) >= 11 is -5.48. The number of carbonyl (C=O) groups excluding carboxylic acids is 2. The molecule has 0 aromatic carbocycles. The van der Waals surface area contributed by atoms with Crippen molar-refractivity contribution in [3.63, 3.8) is 0 Å². The Morgan fingerprint density at radius 3 is 1.73 bits per heavy atom. The van der Waals surface area contributed by atoms with Crippen LogP contribution in [0.3, 0.4) is 0 Å². The Hall–Kier alpha value is 1.47. The summed E-state index contributed by atoms with van der Waals surface area (Å²) in [6.07, 6.45) is 0. The van der Waals surface area contributed by atoms with E-state index in [9.17, 15) is 37.3 Å². The van der Waals surface area contributed by atoms with E-state index >= 15 is 0 Å². The normalized spacial score (nSPS) is 17.9. The van der Waals surface area contributed by atoms with Gasteiger partial charge in [-0.2, -0.15) is 8.42 Å². The van der Waals surface area contributed by atoms with Crippen molar-refractivity contribution >= 4 is 44.4 Å². The molecule has 0 fully saturated rings. The van der Waals surface area contributed by atoms with Gasteiger partial charge >= 0.3 is 73.3 Å². The van der Waals surface area contributed by atoms with E-state index in [2.05, 4.69) is 0 Å². The number of carboxylic acid groups (broad SMARTS) is 2. The third-order valence-corrected chi connectivity index (χ3v) is 8.28. The van der Waals surface area contributed by atoms with Gasteiger partial charge < -0.3 is 28.9 Å². The number of hydrogen-bond donors (Lipinski definition) is 1. The third kappa shape index (κ3) is 5.49. The summed E-state index contributed by atoms with van der Waals surface area (Å²) < 4.78 is 51.6. The van der Waals surface area contributed by atoms with Crippen LogP contribution in [0.25, 0.3) is 0 Å². The van der Waals surface area contributed by atoms with E-state index in [0.717, 1.165) is 6.92 Å². The maximum absolute atomic E-state index is 11.8. The first-order valence-corrected chi connectivity index (χ1v) is 9.27. The summed E-state index contributed by atoms with van der Waals surface area (Å²) in [5.74, 6) is -6.02. The van der Waals surface area contributed by atoms with E-state index in [-0.39, 0.29) is 59.1 Å². The van der Waals surface area contributed by atoms with Crippen LogP contribution in [0.4, 0.5) is 0 Å². The molecule has 4 atom stereocenters. The van der Waals surface area contributed by atoms with Crippen molar-refractivity contribution in [2.75, 3.05) is 11.5 Å². The molecular formula is C8H12Na2O9S3. The number of carbonyl (C=O) groups is 2. The van der Waals surface area contributed by atoms with Crippen LogP contribution in [-0.4, -0.2) is 54.8 Å². The van der Waals surface area contributed by atoms with Crippen molar-refractivity contribution in [2.24, 2.45) is 0 Å². The molecule has 22 heavy (non-hydrogen) atoms. The van der Waals surface area contributed by atoms with Crippen LogP contribution in [0.1, 0.15) is 13.8 Å². The predicted octanol–water partition coefficient (Wildman–Crippen LogP) is -10.0.